The molecule has 1 atom stereocenters. The van der Waals surface area contributed by atoms with E-state index in [9.17, 15) is 14.0 Å². The first-order chi connectivity index (χ1) is 10.9. The topological polar surface area (TPSA) is 75.4 Å². The van der Waals surface area contributed by atoms with Gasteiger partial charge in [-0.15, -0.1) is 0 Å². The van der Waals surface area contributed by atoms with Gasteiger partial charge in [0.15, 0.2) is 0 Å². The maximum atomic E-state index is 13.7. The first-order valence-electron chi connectivity index (χ1n) is 8.00. The van der Waals surface area contributed by atoms with E-state index in [1.165, 1.54) is 18.2 Å². The number of piperidine rings is 1. The number of nitrogens with one attached hydrogen (secondary N) is 1. The van der Waals surface area contributed by atoms with Crippen molar-refractivity contribution in [2.45, 2.75) is 38.8 Å². The van der Waals surface area contributed by atoms with Crippen LogP contribution in [0.5, 0.6) is 0 Å². The van der Waals surface area contributed by atoms with E-state index in [0.717, 1.165) is 12.8 Å². The average Bonchev–Trinajstić information content (AvgIpc) is 2.52. The summed E-state index contributed by atoms with van der Waals surface area (Å²) < 4.78 is 13.7. The van der Waals surface area contributed by atoms with Crippen LogP contribution in [0.1, 0.15) is 37.0 Å². The normalized spacial score (nSPS) is 17.2. The van der Waals surface area contributed by atoms with E-state index in [0.29, 0.717) is 13.1 Å². The highest BCUT2D eigenvalue weighted by Crippen LogP contribution is 2.14. The third-order valence-electron chi connectivity index (χ3n) is 4.19. The van der Waals surface area contributed by atoms with Gasteiger partial charge >= 0.3 is 0 Å². The molecule has 1 aliphatic heterocycles. The average molecular weight is 321 g/mol. The maximum absolute atomic E-state index is 13.7. The van der Waals surface area contributed by atoms with Crippen molar-refractivity contribution in [3.05, 3.63) is 35.6 Å². The molecule has 1 fully saturated rings. The van der Waals surface area contributed by atoms with Gasteiger partial charge in [0.05, 0.1) is 5.56 Å². The predicted molar refractivity (Wildman–Crippen MR) is 86.3 cm³/mol. The zero-order valence-electron chi connectivity index (χ0n) is 13.6. The lowest BCUT2D eigenvalue weighted by Gasteiger charge is -2.34. The number of amides is 2. The van der Waals surface area contributed by atoms with Crippen molar-refractivity contribution in [3.63, 3.8) is 0 Å². The van der Waals surface area contributed by atoms with E-state index in [4.69, 9.17) is 5.73 Å². The quantitative estimate of drug-likeness (QED) is 0.883. The Morgan fingerprint density at radius 1 is 1.26 bits per heavy atom. The third kappa shape index (κ3) is 4.28. The summed E-state index contributed by atoms with van der Waals surface area (Å²) in [6, 6.07) is 5.21. The Morgan fingerprint density at radius 2 is 1.87 bits per heavy atom. The Morgan fingerprint density at radius 3 is 2.43 bits per heavy atom. The van der Waals surface area contributed by atoms with Crippen molar-refractivity contribution in [3.8, 4) is 0 Å². The molecule has 23 heavy (non-hydrogen) atoms. The monoisotopic (exact) mass is 321 g/mol. The summed E-state index contributed by atoms with van der Waals surface area (Å²) in [6.45, 7) is 4.91. The van der Waals surface area contributed by atoms with Crippen LogP contribution in [0.3, 0.4) is 0 Å². The fourth-order valence-corrected chi connectivity index (χ4v) is 2.69. The van der Waals surface area contributed by atoms with Gasteiger partial charge in [0.1, 0.15) is 11.9 Å². The van der Waals surface area contributed by atoms with Crippen molar-refractivity contribution in [1.82, 2.24) is 10.2 Å². The number of halogens is 1. The van der Waals surface area contributed by atoms with Crippen LogP contribution in [-0.4, -0.2) is 41.9 Å². The first kappa shape index (κ1) is 17.4. The molecule has 2 rings (SSSR count). The molecule has 1 heterocycles. The molecule has 126 valence electrons. The number of nitrogens with zero attached hydrogens (tertiary/aromatic N) is 1. The van der Waals surface area contributed by atoms with Gasteiger partial charge in [-0.05, 0) is 30.9 Å². The number of hydrogen-bond acceptors (Lipinski definition) is 3. The van der Waals surface area contributed by atoms with Gasteiger partial charge in [0, 0.05) is 19.1 Å². The fraction of sp³-hybridized carbons (Fsp3) is 0.529. The van der Waals surface area contributed by atoms with Gasteiger partial charge < -0.3 is 16.0 Å². The molecule has 1 unspecified atom stereocenters. The summed E-state index contributed by atoms with van der Waals surface area (Å²) in [7, 11) is 0. The van der Waals surface area contributed by atoms with Gasteiger partial charge in [0.2, 0.25) is 5.91 Å². The van der Waals surface area contributed by atoms with E-state index >= 15 is 0 Å². The van der Waals surface area contributed by atoms with Crippen LogP contribution in [0.25, 0.3) is 0 Å². The Bertz CT molecular complexity index is 569. The lowest BCUT2D eigenvalue weighted by molar-refractivity contribution is -0.135. The first-order valence-corrected chi connectivity index (χ1v) is 8.00. The summed E-state index contributed by atoms with van der Waals surface area (Å²) in [5, 5.41) is 2.68. The summed E-state index contributed by atoms with van der Waals surface area (Å²) in [5.41, 5.74) is 5.81. The predicted octanol–water partition coefficient (Wildman–Crippen LogP) is 1.53. The summed E-state index contributed by atoms with van der Waals surface area (Å²) in [5.74, 6) is -1.38. The SMILES string of the molecule is CC(C)C(NC(=O)c1ccccc1F)C(=O)N1CCC(N)CC1. The molecule has 0 radical (unpaired) electrons. The molecule has 1 aliphatic rings. The molecule has 2 amide bonds. The molecule has 0 aliphatic carbocycles. The highest BCUT2D eigenvalue weighted by molar-refractivity contribution is 5.97. The second-order valence-electron chi connectivity index (χ2n) is 6.34. The van der Waals surface area contributed by atoms with Gasteiger partial charge in [-0.2, -0.15) is 0 Å². The standard InChI is InChI=1S/C17H24FN3O2/c1-11(2)15(17(23)21-9-7-12(19)8-10-21)20-16(22)13-5-3-4-6-14(13)18/h3-6,11-12,15H,7-10,19H2,1-2H3,(H,20,22). The van der Waals surface area contributed by atoms with Crippen molar-refractivity contribution >= 4 is 11.8 Å². The van der Waals surface area contributed by atoms with E-state index in [-0.39, 0.29) is 23.4 Å². The van der Waals surface area contributed by atoms with Gasteiger partial charge in [-0.25, -0.2) is 4.39 Å². The van der Waals surface area contributed by atoms with Gasteiger partial charge in [0.25, 0.3) is 5.91 Å². The number of carbonyl (C=O) groups is 2. The van der Waals surface area contributed by atoms with E-state index in [1.807, 2.05) is 13.8 Å². The van der Waals surface area contributed by atoms with E-state index in [2.05, 4.69) is 5.32 Å². The van der Waals surface area contributed by atoms with Crippen LogP contribution in [0.15, 0.2) is 24.3 Å². The molecule has 3 N–H and O–H groups in total. The van der Waals surface area contributed by atoms with Crippen LogP contribution < -0.4 is 11.1 Å². The van der Waals surface area contributed by atoms with Crippen LogP contribution in [-0.2, 0) is 4.79 Å². The molecule has 1 aromatic carbocycles. The number of rotatable bonds is 4. The smallest absolute Gasteiger partial charge is 0.254 e. The maximum Gasteiger partial charge on any atom is 0.254 e. The minimum Gasteiger partial charge on any atom is -0.341 e. The highest BCUT2D eigenvalue weighted by atomic mass is 19.1. The lowest BCUT2D eigenvalue weighted by Crippen LogP contribution is -2.54. The third-order valence-corrected chi connectivity index (χ3v) is 4.19. The Hall–Kier alpha value is -1.95. The number of likely N-dealkylation sites (tertiary alicyclic amines) is 1. The summed E-state index contributed by atoms with van der Waals surface area (Å²) >= 11 is 0. The van der Waals surface area contributed by atoms with Crippen molar-refractivity contribution in [1.29, 1.82) is 0 Å². The Kier molecular flexibility index (Phi) is 5.71. The summed E-state index contributed by atoms with van der Waals surface area (Å²) in [6.07, 6.45) is 1.52. The van der Waals surface area contributed by atoms with E-state index in [1.54, 1.807) is 11.0 Å². The molecule has 0 saturated carbocycles. The van der Waals surface area contributed by atoms with Crippen molar-refractivity contribution < 1.29 is 14.0 Å². The number of hydrogen-bond donors (Lipinski definition) is 2. The van der Waals surface area contributed by atoms with Gasteiger partial charge in [-0.1, -0.05) is 26.0 Å². The summed E-state index contributed by atoms with van der Waals surface area (Å²) in [4.78, 5) is 26.7. The van der Waals surface area contributed by atoms with E-state index < -0.39 is 17.8 Å². The molecular weight excluding hydrogens is 297 g/mol. The fourth-order valence-electron chi connectivity index (χ4n) is 2.69. The molecule has 1 saturated heterocycles. The molecule has 0 aromatic heterocycles. The molecule has 1 aromatic rings. The number of benzene rings is 1. The second kappa shape index (κ2) is 7.55. The molecule has 0 bridgehead atoms. The number of carbonyl (C=O) groups excluding carboxylic acids is 2. The Labute approximate surface area is 136 Å². The minimum atomic E-state index is -0.670. The van der Waals surface area contributed by atoms with Crippen molar-refractivity contribution in [2.75, 3.05) is 13.1 Å². The van der Waals surface area contributed by atoms with Crippen LogP contribution in [0.4, 0.5) is 4.39 Å². The largest absolute Gasteiger partial charge is 0.341 e. The molecule has 6 heteroatoms. The Balaban J connectivity index is 2.08. The van der Waals surface area contributed by atoms with Crippen molar-refractivity contribution in [2.24, 2.45) is 11.7 Å². The zero-order chi connectivity index (χ0) is 17.0. The number of nitrogens with two attached hydrogens (primary N) is 1. The molecular formula is C17H24FN3O2. The highest BCUT2D eigenvalue weighted by Gasteiger charge is 2.31. The van der Waals surface area contributed by atoms with Crippen LogP contribution >= 0.6 is 0 Å². The van der Waals surface area contributed by atoms with Gasteiger partial charge in [-0.3, -0.25) is 9.59 Å². The molecule has 0 spiro atoms. The second-order valence-corrected chi connectivity index (χ2v) is 6.34. The minimum absolute atomic E-state index is 0.0494. The zero-order valence-corrected chi connectivity index (χ0v) is 13.6. The van der Waals surface area contributed by atoms with Crippen LogP contribution in [0.2, 0.25) is 0 Å². The van der Waals surface area contributed by atoms with Crippen LogP contribution in [0, 0.1) is 11.7 Å². The lowest BCUT2D eigenvalue weighted by atomic mass is 9.99. The molecule has 5 nitrogen and oxygen atoms in total.